The number of carbonyl (C=O) groups excluding carboxylic acids is 2. The fourth-order valence-electron chi connectivity index (χ4n) is 3.53. The largest absolute Gasteiger partial charge is 0.497 e. The first-order valence-corrected chi connectivity index (χ1v) is 10.6. The summed E-state index contributed by atoms with van der Waals surface area (Å²) < 4.78 is 21.1. The predicted molar refractivity (Wildman–Crippen MR) is 128 cm³/mol. The third-order valence-corrected chi connectivity index (χ3v) is 5.23. The summed E-state index contributed by atoms with van der Waals surface area (Å²) in [6, 6.07) is 20.9. The van der Waals surface area contributed by atoms with Crippen LogP contribution in [0.4, 0.5) is 10.1 Å². The van der Waals surface area contributed by atoms with Crippen molar-refractivity contribution in [3.05, 3.63) is 102 Å². The van der Waals surface area contributed by atoms with Crippen LogP contribution in [0, 0.1) is 5.82 Å². The Morgan fingerprint density at radius 1 is 0.971 bits per heavy atom. The Morgan fingerprint density at radius 2 is 1.76 bits per heavy atom. The van der Waals surface area contributed by atoms with Gasteiger partial charge in [0.1, 0.15) is 17.3 Å². The van der Waals surface area contributed by atoms with Crippen LogP contribution < -0.4 is 15.4 Å². The highest BCUT2D eigenvalue weighted by Gasteiger charge is 2.20. The van der Waals surface area contributed by atoms with E-state index in [1.807, 2.05) is 48.5 Å². The van der Waals surface area contributed by atoms with Crippen molar-refractivity contribution >= 4 is 17.5 Å². The average Bonchev–Trinajstić information content (AvgIpc) is 3.29. The van der Waals surface area contributed by atoms with E-state index in [9.17, 15) is 14.0 Å². The van der Waals surface area contributed by atoms with E-state index in [2.05, 4.69) is 15.7 Å². The maximum Gasteiger partial charge on any atom is 0.259 e. The van der Waals surface area contributed by atoms with Gasteiger partial charge < -0.3 is 15.4 Å². The summed E-state index contributed by atoms with van der Waals surface area (Å²) >= 11 is 0. The molecule has 0 aliphatic heterocycles. The monoisotopic (exact) mass is 458 g/mol. The number of benzene rings is 3. The minimum Gasteiger partial charge on any atom is -0.497 e. The van der Waals surface area contributed by atoms with Gasteiger partial charge in [0.15, 0.2) is 0 Å². The summed E-state index contributed by atoms with van der Waals surface area (Å²) in [5, 5.41) is 9.80. The molecule has 0 spiro atoms. The zero-order chi connectivity index (χ0) is 24.1. The molecule has 4 aromatic rings. The highest BCUT2D eigenvalue weighted by molar-refractivity contribution is 6.08. The first-order valence-electron chi connectivity index (χ1n) is 10.6. The molecule has 3 aromatic carbocycles. The van der Waals surface area contributed by atoms with Gasteiger partial charge in [0, 0.05) is 24.5 Å². The number of rotatable bonds is 7. The summed E-state index contributed by atoms with van der Waals surface area (Å²) in [6.45, 7) is 0.475. The van der Waals surface area contributed by atoms with Crippen molar-refractivity contribution in [3.8, 4) is 17.0 Å². The van der Waals surface area contributed by atoms with Crippen LogP contribution in [0.15, 0.2) is 79.0 Å². The highest BCUT2D eigenvalue weighted by Crippen LogP contribution is 2.27. The lowest BCUT2D eigenvalue weighted by Crippen LogP contribution is -2.20. The highest BCUT2D eigenvalue weighted by atomic mass is 19.1. The summed E-state index contributed by atoms with van der Waals surface area (Å²) in [7, 11) is 2.98. The molecule has 0 bridgehead atoms. The van der Waals surface area contributed by atoms with Crippen LogP contribution >= 0.6 is 0 Å². The van der Waals surface area contributed by atoms with E-state index in [-0.39, 0.29) is 11.3 Å². The number of nitrogens with zero attached hydrogens (tertiary/aromatic N) is 2. The fourth-order valence-corrected chi connectivity index (χ4v) is 3.53. The Hall–Kier alpha value is -4.46. The SMILES string of the molecule is CNC(=O)c1cc(NC(=O)c2cn(Cc3ccccc3)nc2-c2cccc(OC)c2)ccc1F. The van der Waals surface area contributed by atoms with Gasteiger partial charge in [-0.2, -0.15) is 5.10 Å². The molecule has 8 heteroatoms. The topological polar surface area (TPSA) is 85.3 Å². The molecule has 2 N–H and O–H groups in total. The molecule has 34 heavy (non-hydrogen) atoms. The maximum absolute atomic E-state index is 14.0. The number of amides is 2. The van der Waals surface area contributed by atoms with Gasteiger partial charge >= 0.3 is 0 Å². The minimum atomic E-state index is -0.676. The van der Waals surface area contributed by atoms with Crippen LogP contribution in [0.5, 0.6) is 5.75 Å². The molecular weight excluding hydrogens is 435 g/mol. The van der Waals surface area contributed by atoms with Crippen LogP contribution in [0.3, 0.4) is 0 Å². The number of carbonyl (C=O) groups is 2. The molecule has 1 heterocycles. The molecule has 172 valence electrons. The fraction of sp³-hybridized carbons (Fsp3) is 0.115. The third kappa shape index (κ3) is 4.96. The van der Waals surface area contributed by atoms with E-state index < -0.39 is 17.6 Å². The molecule has 0 saturated carbocycles. The van der Waals surface area contributed by atoms with E-state index in [1.54, 1.807) is 24.1 Å². The van der Waals surface area contributed by atoms with Crippen molar-refractivity contribution in [2.45, 2.75) is 6.54 Å². The van der Waals surface area contributed by atoms with Gasteiger partial charge in [0.05, 0.1) is 24.8 Å². The van der Waals surface area contributed by atoms with Crippen LogP contribution in [0.1, 0.15) is 26.3 Å². The van der Waals surface area contributed by atoms with Gasteiger partial charge in [-0.3, -0.25) is 14.3 Å². The van der Waals surface area contributed by atoms with Crippen molar-refractivity contribution in [1.29, 1.82) is 0 Å². The summed E-state index contributed by atoms with van der Waals surface area (Å²) in [5.74, 6) is -1.06. The molecule has 0 aliphatic rings. The number of ether oxygens (including phenoxy) is 1. The molecule has 7 nitrogen and oxygen atoms in total. The van der Waals surface area contributed by atoms with Gasteiger partial charge in [-0.1, -0.05) is 42.5 Å². The van der Waals surface area contributed by atoms with Gasteiger partial charge in [-0.05, 0) is 35.9 Å². The number of anilines is 1. The number of methoxy groups -OCH3 is 1. The molecule has 2 amide bonds. The molecule has 0 radical (unpaired) electrons. The zero-order valence-electron chi connectivity index (χ0n) is 18.7. The van der Waals surface area contributed by atoms with E-state index in [4.69, 9.17) is 4.74 Å². The second-order valence-electron chi connectivity index (χ2n) is 7.53. The molecule has 0 aliphatic carbocycles. The van der Waals surface area contributed by atoms with Gasteiger partial charge in [0.25, 0.3) is 11.8 Å². The number of hydrogen-bond donors (Lipinski definition) is 2. The minimum absolute atomic E-state index is 0.159. The van der Waals surface area contributed by atoms with Crippen molar-refractivity contribution in [2.24, 2.45) is 0 Å². The lowest BCUT2D eigenvalue weighted by Gasteiger charge is -2.08. The molecule has 1 aromatic heterocycles. The van der Waals surface area contributed by atoms with Crippen LogP contribution in [-0.4, -0.2) is 35.8 Å². The van der Waals surface area contributed by atoms with Crippen molar-refractivity contribution in [1.82, 2.24) is 15.1 Å². The average molecular weight is 458 g/mol. The first kappa shape index (κ1) is 22.7. The summed E-state index contributed by atoms with van der Waals surface area (Å²) in [5.41, 5.74) is 2.67. The van der Waals surface area contributed by atoms with Crippen molar-refractivity contribution < 1.29 is 18.7 Å². The smallest absolute Gasteiger partial charge is 0.259 e. The van der Waals surface area contributed by atoms with Gasteiger partial charge in [0.2, 0.25) is 0 Å². The number of hydrogen-bond acceptors (Lipinski definition) is 4. The Balaban J connectivity index is 1.70. The number of nitrogens with one attached hydrogen (secondary N) is 2. The standard InChI is InChI=1S/C26H23FN4O3/c1-28-25(32)21-14-19(11-12-23(21)27)29-26(33)22-16-31(15-17-7-4-3-5-8-17)30-24(22)18-9-6-10-20(13-18)34-2/h3-14,16H,15H2,1-2H3,(H,28,32)(H,29,33). The van der Waals surface area contributed by atoms with E-state index >= 15 is 0 Å². The molecule has 4 rings (SSSR count). The predicted octanol–water partition coefficient (Wildman–Crippen LogP) is 4.36. The molecule has 0 atom stereocenters. The van der Waals surface area contributed by atoms with Crippen LogP contribution in [0.25, 0.3) is 11.3 Å². The number of aromatic nitrogens is 2. The molecule has 0 saturated heterocycles. The van der Waals surface area contributed by atoms with Gasteiger partial charge in [-0.15, -0.1) is 0 Å². The molecule has 0 fully saturated rings. The van der Waals surface area contributed by atoms with E-state index in [1.165, 1.54) is 19.2 Å². The molecule has 0 unspecified atom stereocenters. The zero-order valence-corrected chi connectivity index (χ0v) is 18.7. The summed E-state index contributed by atoms with van der Waals surface area (Å²) in [6.07, 6.45) is 1.67. The Morgan fingerprint density at radius 3 is 2.50 bits per heavy atom. The second-order valence-corrected chi connectivity index (χ2v) is 7.53. The maximum atomic E-state index is 14.0. The lowest BCUT2D eigenvalue weighted by atomic mass is 10.1. The lowest BCUT2D eigenvalue weighted by molar-refractivity contribution is 0.0957. The normalized spacial score (nSPS) is 10.6. The second kappa shape index (κ2) is 9.99. The quantitative estimate of drug-likeness (QED) is 0.431. The first-order chi connectivity index (χ1) is 16.5. The Bertz CT molecular complexity index is 1340. The van der Waals surface area contributed by atoms with E-state index in [0.29, 0.717) is 29.1 Å². The van der Waals surface area contributed by atoms with Crippen LogP contribution in [-0.2, 0) is 6.54 Å². The third-order valence-electron chi connectivity index (χ3n) is 5.23. The summed E-state index contributed by atoms with van der Waals surface area (Å²) in [4.78, 5) is 25.2. The Labute approximate surface area is 196 Å². The van der Waals surface area contributed by atoms with Gasteiger partial charge in [-0.25, -0.2) is 4.39 Å². The molecular formula is C26H23FN4O3. The Kier molecular flexibility index (Phi) is 6.68. The van der Waals surface area contributed by atoms with E-state index in [0.717, 1.165) is 11.6 Å². The van der Waals surface area contributed by atoms with Crippen molar-refractivity contribution in [3.63, 3.8) is 0 Å². The number of halogens is 1. The van der Waals surface area contributed by atoms with Crippen LogP contribution in [0.2, 0.25) is 0 Å². The van der Waals surface area contributed by atoms with Crippen molar-refractivity contribution in [2.75, 3.05) is 19.5 Å².